The van der Waals surface area contributed by atoms with E-state index in [0.29, 0.717) is 16.7 Å². The fraction of sp³-hybridized carbons (Fsp3) is 0.820. The number of carbonyl (C=O) groups is 1. The lowest BCUT2D eigenvalue weighted by atomic mass is 9.48. The second-order valence-corrected chi connectivity index (χ2v) is 16.8. The van der Waals surface area contributed by atoms with Crippen LogP contribution in [0.1, 0.15) is 199 Å². The molecule has 1 aliphatic rings. The summed E-state index contributed by atoms with van der Waals surface area (Å²) in [5.74, 6) is 7.42. The van der Waals surface area contributed by atoms with E-state index in [1.807, 2.05) is 27.7 Å². The molecule has 0 radical (unpaired) electrons. The molecule has 55 heavy (non-hydrogen) atoms. The van der Waals surface area contributed by atoms with Crippen LogP contribution in [0, 0.1) is 58.2 Å². The molecule has 1 saturated carbocycles. The van der Waals surface area contributed by atoms with E-state index in [1.54, 1.807) is 21.1 Å². The van der Waals surface area contributed by atoms with Gasteiger partial charge in [-0.2, -0.15) is 0 Å². The number of methoxy groups -OCH3 is 2. The van der Waals surface area contributed by atoms with Gasteiger partial charge in [-0.15, -0.1) is 12.3 Å². The van der Waals surface area contributed by atoms with Crippen LogP contribution in [0.3, 0.4) is 0 Å². The molecule has 1 aliphatic carbocycles. The Balaban J connectivity index is -0.00000245. The molecule has 1 aromatic carbocycles. The molecule has 8 atom stereocenters. The van der Waals surface area contributed by atoms with Gasteiger partial charge in [0.2, 0.25) is 6.41 Å². The first-order valence-corrected chi connectivity index (χ1v) is 22.5. The normalized spacial score (nSPS) is 21.5. The van der Waals surface area contributed by atoms with Crippen molar-refractivity contribution in [3.05, 3.63) is 23.8 Å². The average Bonchev–Trinajstić information content (AvgIpc) is 3.19. The van der Waals surface area contributed by atoms with Gasteiger partial charge < -0.3 is 20.3 Å². The molecule has 0 heterocycles. The number of unbranched alkanes of at least 4 members (excludes halogenated alkanes) is 1. The Labute approximate surface area is 344 Å². The van der Waals surface area contributed by atoms with Gasteiger partial charge >= 0.3 is 0 Å². The predicted octanol–water partition coefficient (Wildman–Crippen LogP) is 14.1. The molecule has 1 amide bonds. The molecule has 8 unspecified atom stereocenters. The summed E-state index contributed by atoms with van der Waals surface area (Å²) in [5.41, 5.74) is 6.27. The standard InChI is InChI=1S/C42H76O3.C3H4.2C2H6.CH3NO/c1-13-17-26-42(16-4,27-18-19-34-21-23-36(44-11)37(30-34)45-12)29-24-33(7)32(6)20-22-35(31(5)14-2)41(10)28-25-39(43)40(8,9)38(41)15-3;1-3-2;2*1-2;2-1-3/h21,23,30-33,35,38-39,43H,13-20,22,24-29H2,1-12H3;1H,2H3;2*1-2H3;1H,(H2,2,3). The summed E-state index contributed by atoms with van der Waals surface area (Å²) in [6.45, 7) is 34.1. The Morgan fingerprint density at radius 1 is 0.909 bits per heavy atom. The summed E-state index contributed by atoms with van der Waals surface area (Å²) in [5, 5.41) is 11.0. The smallest absolute Gasteiger partial charge is 0.204 e. The summed E-state index contributed by atoms with van der Waals surface area (Å²) >= 11 is 0. The van der Waals surface area contributed by atoms with E-state index < -0.39 is 0 Å². The molecule has 324 valence electrons. The van der Waals surface area contributed by atoms with E-state index in [1.165, 1.54) is 89.0 Å². The molecule has 1 fully saturated rings. The maximum atomic E-state index is 11.0. The highest BCUT2D eigenvalue weighted by molar-refractivity contribution is 5.43. The summed E-state index contributed by atoms with van der Waals surface area (Å²) < 4.78 is 11.0. The number of benzene rings is 1. The first-order valence-electron chi connectivity index (χ1n) is 22.5. The summed E-state index contributed by atoms with van der Waals surface area (Å²) in [7, 11) is 3.43. The third-order valence-corrected chi connectivity index (χ3v) is 13.6. The van der Waals surface area contributed by atoms with Crippen LogP contribution in [0.2, 0.25) is 0 Å². The zero-order valence-electron chi connectivity index (χ0n) is 39.7. The average molecular weight is 774 g/mol. The molecule has 5 heteroatoms. The lowest BCUT2D eigenvalue weighted by molar-refractivity contribution is -0.129. The molecule has 3 N–H and O–H groups in total. The number of hydrogen-bond donors (Lipinski definition) is 2. The van der Waals surface area contributed by atoms with Gasteiger partial charge in [0, 0.05) is 0 Å². The number of carbonyl (C=O) groups excluding carboxylic acids is 1. The topological polar surface area (TPSA) is 81.8 Å². The minimum absolute atomic E-state index is 0.00617. The SMILES string of the molecule is C#CC.CC.CC.CCCCC(CC)(CCCc1ccc(OC)c(OC)c1)CCC(C)C(C)CCC(C(C)CC)C1(C)CCC(O)C(C)(C)C1CC.NC=O. The molecule has 0 aromatic heterocycles. The number of rotatable bonds is 21. The first-order chi connectivity index (χ1) is 26.1. The van der Waals surface area contributed by atoms with Gasteiger partial charge in [0.25, 0.3) is 0 Å². The zero-order chi connectivity index (χ0) is 43.3. The zero-order valence-corrected chi connectivity index (χ0v) is 39.7. The van der Waals surface area contributed by atoms with Crippen LogP contribution in [0.4, 0.5) is 0 Å². The molecule has 1 aromatic rings. The van der Waals surface area contributed by atoms with Crippen LogP contribution < -0.4 is 15.2 Å². The second kappa shape index (κ2) is 31.8. The van der Waals surface area contributed by atoms with Crippen molar-refractivity contribution in [3.8, 4) is 23.8 Å². The van der Waals surface area contributed by atoms with Crippen LogP contribution in [-0.2, 0) is 11.2 Å². The number of nitrogens with two attached hydrogens (primary N) is 1. The predicted molar refractivity (Wildman–Crippen MR) is 243 cm³/mol. The lowest BCUT2D eigenvalue weighted by Gasteiger charge is -2.57. The summed E-state index contributed by atoms with van der Waals surface area (Å²) in [4.78, 5) is 8.58. The van der Waals surface area contributed by atoms with E-state index in [4.69, 9.17) is 14.3 Å². The molecule has 0 saturated heterocycles. The van der Waals surface area contributed by atoms with Gasteiger partial charge in [-0.1, -0.05) is 142 Å². The molecular weight excluding hydrogens is 679 g/mol. The van der Waals surface area contributed by atoms with Crippen LogP contribution in [0.25, 0.3) is 0 Å². The molecule has 2 rings (SSSR count). The van der Waals surface area contributed by atoms with E-state index >= 15 is 0 Å². The number of amides is 1. The number of aryl methyl sites for hydroxylation is 1. The maximum Gasteiger partial charge on any atom is 0.204 e. The highest BCUT2D eigenvalue weighted by Gasteiger charge is 2.53. The van der Waals surface area contributed by atoms with Gasteiger partial charge in [0.15, 0.2) is 11.5 Å². The van der Waals surface area contributed by atoms with Crippen LogP contribution in [0.15, 0.2) is 18.2 Å². The number of primary amides is 1. The number of aliphatic hydroxyl groups excluding tert-OH is 1. The largest absolute Gasteiger partial charge is 0.493 e. The third kappa shape index (κ3) is 18.7. The van der Waals surface area contributed by atoms with Crippen molar-refractivity contribution in [2.24, 2.45) is 51.6 Å². The van der Waals surface area contributed by atoms with Crippen molar-refractivity contribution < 1.29 is 19.4 Å². The Morgan fingerprint density at radius 2 is 1.44 bits per heavy atom. The minimum Gasteiger partial charge on any atom is -0.493 e. The molecule has 0 aliphatic heterocycles. The van der Waals surface area contributed by atoms with Gasteiger partial charge in [-0.3, -0.25) is 4.79 Å². The maximum absolute atomic E-state index is 11.0. The van der Waals surface area contributed by atoms with Crippen molar-refractivity contribution in [2.45, 2.75) is 206 Å². The quantitative estimate of drug-likeness (QED) is 0.0963. The summed E-state index contributed by atoms with van der Waals surface area (Å²) in [6.07, 6.45) is 23.5. The van der Waals surface area contributed by atoms with Crippen molar-refractivity contribution in [1.82, 2.24) is 0 Å². The fourth-order valence-corrected chi connectivity index (χ4v) is 9.77. The Kier molecular flexibility index (Phi) is 33.1. The highest BCUT2D eigenvalue weighted by Crippen LogP contribution is 2.59. The number of ether oxygens (including phenoxy) is 2. The lowest BCUT2D eigenvalue weighted by Crippen LogP contribution is -2.53. The second-order valence-electron chi connectivity index (χ2n) is 16.8. The molecule has 0 spiro atoms. The van der Waals surface area contributed by atoms with Crippen molar-refractivity contribution in [3.63, 3.8) is 0 Å². The van der Waals surface area contributed by atoms with Crippen LogP contribution in [-0.4, -0.2) is 31.8 Å². The van der Waals surface area contributed by atoms with Gasteiger partial charge in [0.1, 0.15) is 0 Å². The van der Waals surface area contributed by atoms with E-state index in [-0.39, 0.29) is 17.9 Å². The highest BCUT2D eigenvalue weighted by atomic mass is 16.5. The van der Waals surface area contributed by atoms with Crippen molar-refractivity contribution >= 4 is 6.41 Å². The van der Waals surface area contributed by atoms with Crippen LogP contribution in [0.5, 0.6) is 11.5 Å². The fourth-order valence-electron chi connectivity index (χ4n) is 9.77. The Hall–Kier alpha value is -2.19. The van der Waals surface area contributed by atoms with Crippen molar-refractivity contribution in [2.75, 3.05) is 14.2 Å². The minimum atomic E-state index is -0.169. The number of terminal acetylenes is 1. The first kappa shape index (κ1) is 57.1. The third-order valence-electron chi connectivity index (χ3n) is 13.6. The van der Waals surface area contributed by atoms with Gasteiger partial charge in [-0.05, 0) is 128 Å². The molecule has 5 nitrogen and oxygen atoms in total. The van der Waals surface area contributed by atoms with E-state index in [2.05, 4.69) is 106 Å². The number of aliphatic hydroxyl groups is 1. The Bertz CT molecular complexity index is 1110. The van der Waals surface area contributed by atoms with E-state index in [9.17, 15) is 5.11 Å². The molecule has 0 bridgehead atoms. The van der Waals surface area contributed by atoms with Gasteiger partial charge in [0.05, 0.1) is 20.3 Å². The number of hydrogen-bond acceptors (Lipinski definition) is 4. The van der Waals surface area contributed by atoms with Crippen molar-refractivity contribution in [1.29, 1.82) is 0 Å². The molecular formula is C50H95NO4. The van der Waals surface area contributed by atoms with Crippen LogP contribution >= 0.6 is 0 Å². The van der Waals surface area contributed by atoms with Gasteiger partial charge in [-0.25, -0.2) is 0 Å². The summed E-state index contributed by atoms with van der Waals surface area (Å²) in [6, 6.07) is 6.42. The Morgan fingerprint density at radius 3 is 1.91 bits per heavy atom. The monoisotopic (exact) mass is 774 g/mol. The van der Waals surface area contributed by atoms with E-state index in [0.717, 1.165) is 48.0 Å².